The zero-order valence-electron chi connectivity index (χ0n) is 5.16. The number of hydrogen-bond acceptors (Lipinski definition) is 3. The average Bonchev–Trinajstić information content (AvgIpc) is 1.87. The van der Waals surface area contributed by atoms with Crippen LogP contribution in [-0.4, -0.2) is 11.5 Å². The minimum atomic E-state index is -1.96. The molecule has 10 heavy (non-hydrogen) atoms. The molecule has 2 N–H and O–H groups in total. The smallest absolute Gasteiger partial charge is 0.217 e. The summed E-state index contributed by atoms with van der Waals surface area (Å²) < 4.78 is 11.6. The van der Waals surface area contributed by atoms with Gasteiger partial charge < -0.3 is 10.4 Å². The summed E-state index contributed by atoms with van der Waals surface area (Å²) in [6.45, 7) is 0. The fourth-order valence-electron chi connectivity index (χ4n) is 0.276. The topological polar surface area (TPSA) is 56.0 Å². The highest BCUT2D eigenvalue weighted by atomic mass is 19.1. The van der Waals surface area contributed by atoms with Crippen LogP contribution in [0.1, 0.15) is 0 Å². The lowest BCUT2D eigenvalue weighted by molar-refractivity contribution is 0.0880. The Labute approximate surface area is 58.1 Å². The van der Waals surface area contributed by atoms with Gasteiger partial charge in [0.25, 0.3) is 0 Å². The van der Waals surface area contributed by atoms with Crippen LogP contribution >= 0.6 is 0 Å². The van der Waals surface area contributed by atoms with Gasteiger partial charge in [-0.2, -0.15) is 5.26 Å². The minimum absolute atomic E-state index is 0.904. The third-order valence-electron chi connectivity index (χ3n) is 0.605. The first-order valence-electron chi connectivity index (χ1n) is 2.57. The van der Waals surface area contributed by atoms with Gasteiger partial charge in [0, 0.05) is 18.5 Å². The van der Waals surface area contributed by atoms with E-state index in [9.17, 15) is 4.39 Å². The summed E-state index contributed by atoms with van der Waals surface area (Å²) in [7, 11) is 0. The monoisotopic (exact) mass is 142 g/mol. The van der Waals surface area contributed by atoms with Gasteiger partial charge in [0.1, 0.15) is 0 Å². The molecule has 1 unspecified atom stereocenters. The van der Waals surface area contributed by atoms with Gasteiger partial charge in [-0.15, -0.1) is 0 Å². The molecule has 0 radical (unpaired) electrons. The molecule has 0 amide bonds. The molecule has 0 saturated heterocycles. The normalized spacial score (nSPS) is 13.7. The number of hydrogen-bond donors (Lipinski definition) is 2. The third-order valence-corrected chi connectivity index (χ3v) is 0.605. The maximum atomic E-state index is 11.6. The molecule has 0 fully saturated rings. The van der Waals surface area contributed by atoms with E-state index in [4.69, 9.17) is 10.4 Å². The van der Waals surface area contributed by atoms with Crippen molar-refractivity contribution in [2.24, 2.45) is 0 Å². The van der Waals surface area contributed by atoms with E-state index in [1.807, 2.05) is 0 Å². The lowest BCUT2D eigenvalue weighted by Crippen LogP contribution is -1.96. The number of nitriles is 1. The molecule has 0 bridgehead atoms. The van der Waals surface area contributed by atoms with Gasteiger partial charge in [-0.05, 0) is 6.08 Å². The standard InChI is InChI=1S/C6H7FN2O/c7-6(10)2-5-9-4-1-3-8/h1-2,4-6,9-10H. The van der Waals surface area contributed by atoms with E-state index in [1.54, 1.807) is 6.07 Å². The molecule has 0 aliphatic heterocycles. The first-order valence-corrected chi connectivity index (χ1v) is 2.57. The highest BCUT2D eigenvalue weighted by molar-refractivity contribution is 5.02. The number of rotatable bonds is 3. The minimum Gasteiger partial charge on any atom is -0.367 e. The molecule has 0 aromatic carbocycles. The highest BCUT2D eigenvalue weighted by Crippen LogP contribution is 1.82. The summed E-state index contributed by atoms with van der Waals surface area (Å²) in [5, 5.41) is 18.4. The predicted octanol–water partition coefficient (Wildman–Crippen LogP) is 0.415. The lowest BCUT2D eigenvalue weighted by Gasteiger charge is -1.88. The molecule has 54 valence electrons. The molecule has 0 rings (SSSR count). The van der Waals surface area contributed by atoms with Crippen molar-refractivity contribution in [2.75, 3.05) is 0 Å². The first kappa shape index (κ1) is 8.66. The van der Waals surface area contributed by atoms with Crippen molar-refractivity contribution >= 4 is 0 Å². The van der Waals surface area contributed by atoms with Gasteiger partial charge in [0.15, 0.2) is 0 Å². The maximum Gasteiger partial charge on any atom is 0.217 e. The van der Waals surface area contributed by atoms with Crippen LogP contribution in [0.3, 0.4) is 0 Å². The number of alkyl halides is 1. The van der Waals surface area contributed by atoms with Crippen molar-refractivity contribution < 1.29 is 9.50 Å². The molecular weight excluding hydrogens is 135 g/mol. The van der Waals surface area contributed by atoms with Gasteiger partial charge in [-0.25, -0.2) is 4.39 Å². The average molecular weight is 142 g/mol. The van der Waals surface area contributed by atoms with Crippen LogP contribution in [0.5, 0.6) is 0 Å². The number of nitrogens with zero attached hydrogens (tertiary/aromatic N) is 1. The van der Waals surface area contributed by atoms with E-state index >= 15 is 0 Å². The van der Waals surface area contributed by atoms with Crippen LogP contribution in [0.15, 0.2) is 24.6 Å². The molecular formula is C6H7FN2O. The Bertz CT molecular complexity index is 169. The quantitative estimate of drug-likeness (QED) is 0.561. The SMILES string of the molecule is N#CC=CNC=CC(O)F. The Morgan fingerprint density at radius 1 is 1.60 bits per heavy atom. The van der Waals surface area contributed by atoms with Gasteiger partial charge in [-0.1, -0.05) is 0 Å². The first-order chi connectivity index (χ1) is 4.77. The molecule has 4 heteroatoms. The van der Waals surface area contributed by atoms with Crippen molar-refractivity contribution in [3.8, 4) is 6.07 Å². The maximum absolute atomic E-state index is 11.6. The predicted molar refractivity (Wildman–Crippen MR) is 34.1 cm³/mol. The Kier molecular flexibility index (Phi) is 5.01. The third kappa shape index (κ3) is 6.66. The molecule has 0 aliphatic rings. The van der Waals surface area contributed by atoms with Crippen molar-refractivity contribution in [3.63, 3.8) is 0 Å². The van der Waals surface area contributed by atoms with Crippen LogP contribution in [0, 0.1) is 11.3 Å². The number of halogens is 1. The van der Waals surface area contributed by atoms with Crippen molar-refractivity contribution in [1.29, 1.82) is 5.26 Å². The molecule has 0 aliphatic carbocycles. The van der Waals surface area contributed by atoms with Crippen molar-refractivity contribution in [3.05, 3.63) is 24.6 Å². The Balaban J connectivity index is 3.38. The summed E-state index contributed by atoms with van der Waals surface area (Å²) in [6, 6.07) is 1.72. The number of aliphatic hydroxyl groups excluding tert-OH is 1. The molecule has 0 saturated carbocycles. The molecule has 0 heterocycles. The number of allylic oxidation sites excluding steroid dienone is 1. The zero-order chi connectivity index (χ0) is 7.82. The van der Waals surface area contributed by atoms with E-state index in [-0.39, 0.29) is 0 Å². The Morgan fingerprint density at radius 2 is 2.30 bits per heavy atom. The number of aliphatic hydroxyl groups is 1. The molecule has 0 aromatic heterocycles. The summed E-state index contributed by atoms with van der Waals surface area (Å²) in [5.74, 6) is 0. The van der Waals surface area contributed by atoms with Crippen LogP contribution in [0.2, 0.25) is 0 Å². The Hall–Kier alpha value is -1.34. The number of nitrogens with one attached hydrogen (secondary N) is 1. The lowest BCUT2D eigenvalue weighted by atomic mass is 10.6. The fourth-order valence-corrected chi connectivity index (χ4v) is 0.276. The van der Waals surface area contributed by atoms with Crippen LogP contribution in [0.25, 0.3) is 0 Å². The summed E-state index contributed by atoms with van der Waals surface area (Å²) in [5.41, 5.74) is 0. The summed E-state index contributed by atoms with van der Waals surface area (Å²) in [4.78, 5) is 0. The Morgan fingerprint density at radius 3 is 2.80 bits per heavy atom. The molecule has 0 aromatic rings. The second-order valence-corrected chi connectivity index (χ2v) is 1.36. The van der Waals surface area contributed by atoms with Crippen molar-refractivity contribution in [1.82, 2.24) is 5.32 Å². The largest absolute Gasteiger partial charge is 0.367 e. The second-order valence-electron chi connectivity index (χ2n) is 1.36. The highest BCUT2D eigenvalue weighted by Gasteiger charge is 1.85. The molecule has 0 spiro atoms. The van der Waals surface area contributed by atoms with E-state index in [0.29, 0.717) is 0 Å². The van der Waals surface area contributed by atoms with Crippen molar-refractivity contribution in [2.45, 2.75) is 6.36 Å². The van der Waals surface area contributed by atoms with E-state index in [1.165, 1.54) is 18.5 Å². The van der Waals surface area contributed by atoms with E-state index < -0.39 is 6.36 Å². The summed E-state index contributed by atoms with van der Waals surface area (Å²) in [6.07, 6.45) is 2.65. The van der Waals surface area contributed by atoms with Crippen LogP contribution < -0.4 is 5.32 Å². The molecule has 1 atom stereocenters. The van der Waals surface area contributed by atoms with E-state index in [0.717, 1.165) is 6.08 Å². The van der Waals surface area contributed by atoms with Crippen LogP contribution in [-0.2, 0) is 0 Å². The fraction of sp³-hybridized carbons (Fsp3) is 0.167. The van der Waals surface area contributed by atoms with Gasteiger partial charge in [0.05, 0.1) is 6.07 Å². The van der Waals surface area contributed by atoms with Gasteiger partial charge in [0.2, 0.25) is 6.36 Å². The zero-order valence-corrected chi connectivity index (χ0v) is 5.16. The second kappa shape index (κ2) is 5.79. The summed E-state index contributed by atoms with van der Waals surface area (Å²) >= 11 is 0. The van der Waals surface area contributed by atoms with Gasteiger partial charge >= 0.3 is 0 Å². The van der Waals surface area contributed by atoms with E-state index in [2.05, 4.69) is 5.32 Å². The molecule has 3 nitrogen and oxygen atoms in total. The van der Waals surface area contributed by atoms with Crippen LogP contribution in [0.4, 0.5) is 4.39 Å². The van der Waals surface area contributed by atoms with Gasteiger partial charge in [-0.3, -0.25) is 0 Å².